The van der Waals surface area contributed by atoms with Gasteiger partial charge in [0.05, 0.1) is 4.90 Å². The molecule has 3 aromatic carbocycles. The Morgan fingerprint density at radius 1 is 0.913 bits per heavy atom. The third kappa shape index (κ3) is 4.04. The monoisotopic (exact) mass is 337 g/mol. The van der Waals surface area contributed by atoms with Crippen molar-refractivity contribution in [3.63, 3.8) is 0 Å². The minimum atomic E-state index is -4.39. The average Bonchev–Trinajstić information content (AvgIpc) is 2.48. The van der Waals surface area contributed by atoms with Crippen LogP contribution in [0.5, 0.6) is 5.75 Å². The van der Waals surface area contributed by atoms with Gasteiger partial charge in [-0.2, -0.15) is 8.42 Å². The first kappa shape index (κ1) is 17.8. The van der Waals surface area contributed by atoms with Crippen LogP contribution in [0, 0.1) is 0 Å². The quantitative estimate of drug-likeness (QED) is 0.515. The predicted octanol–water partition coefficient (Wildman–Crippen LogP) is -0.0923. The Morgan fingerprint density at radius 2 is 1.61 bits per heavy atom. The number of anilines is 2. The van der Waals surface area contributed by atoms with Crippen LogP contribution in [-0.4, -0.2) is 13.0 Å². The van der Waals surface area contributed by atoms with Crippen LogP contribution in [0.2, 0.25) is 0 Å². The first-order valence-corrected chi connectivity index (χ1v) is 7.92. The van der Waals surface area contributed by atoms with Gasteiger partial charge in [0.1, 0.15) is 0 Å². The van der Waals surface area contributed by atoms with E-state index in [4.69, 9.17) is 4.55 Å². The fourth-order valence-corrected chi connectivity index (χ4v) is 2.74. The molecule has 23 heavy (non-hydrogen) atoms. The number of nitrogens with one attached hydrogen (secondary N) is 1. The van der Waals surface area contributed by atoms with E-state index in [0.717, 1.165) is 17.4 Å². The van der Waals surface area contributed by atoms with E-state index in [-0.39, 0.29) is 29.6 Å². The van der Waals surface area contributed by atoms with Gasteiger partial charge in [-0.25, -0.2) is 0 Å². The fourth-order valence-electron chi connectivity index (χ4n) is 2.21. The van der Waals surface area contributed by atoms with Crippen LogP contribution < -0.4 is 40.0 Å². The summed E-state index contributed by atoms with van der Waals surface area (Å²) in [6, 6.07) is 16.7. The predicted molar refractivity (Wildman–Crippen MR) is 82.9 cm³/mol. The van der Waals surface area contributed by atoms with E-state index in [1.54, 1.807) is 18.2 Å². The zero-order valence-electron chi connectivity index (χ0n) is 12.4. The topological polar surface area (TPSA) is 89.5 Å². The molecule has 3 aromatic rings. The fraction of sp³-hybridized carbons (Fsp3) is 0. The molecule has 0 aliphatic heterocycles. The van der Waals surface area contributed by atoms with Crippen molar-refractivity contribution in [2.24, 2.45) is 0 Å². The summed E-state index contributed by atoms with van der Waals surface area (Å²) in [5.41, 5.74) is 1.60. The van der Waals surface area contributed by atoms with Crippen molar-refractivity contribution in [2.75, 3.05) is 5.32 Å². The standard InChI is InChI=1S/C16H13NO4S.Na/c18-16-10-14(22(19,20)21)8-11-6-7-13(9-15(11)16)17-12-4-2-1-3-5-12;/h1-10,17-18H,(H,19,20,21);/q;+1/p-1. The van der Waals surface area contributed by atoms with E-state index in [1.165, 1.54) is 6.07 Å². The third-order valence-corrected chi connectivity index (χ3v) is 4.08. The van der Waals surface area contributed by atoms with Crippen LogP contribution in [0.15, 0.2) is 65.6 Å². The van der Waals surface area contributed by atoms with E-state index in [0.29, 0.717) is 10.8 Å². The molecule has 0 unspecified atom stereocenters. The molecule has 7 heteroatoms. The minimum Gasteiger partial charge on any atom is -0.872 e. The second kappa shape index (κ2) is 6.90. The average molecular weight is 337 g/mol. The number of fused-ring (bicyclic) bond motifs is 1. The molecule has 0 aromatic heterocycles. The molecule has 0 amide bonds. The Labute approximate surface area is 156 Å². The summed E-state index contributed by atoms with van der Waals surface area (Å²) in [6.07, 6.45) is 0. The van der Waals surface area contributed by atoms with Crippen molar-refractivity contribution in [2.45, 2.75) is 4.90 Å². The second-order valence-electron chi connectivity index (χ2n) is 4.82. The van der Waals surface area contributed by atoms with Crippen molar-refractivity contribution >= 4 is 32.3 Å². The van der Waals surface area contributed by atoms with Crippen molar-refractivity contribution in [3.05, 3.63) is 60.7 Å². The van der Waals surface area contributed by atoms with Crippen molar-refractivity contribution in [3.8, 4) is 5.75 Å². The number of hydrogen-bond acceptors (Lipinski definition) is 4. The number of rotatable bonds is 3. The molecule has 0 spiro atoms. The van der Waals surface area contributed by atoms with E-state index in [1.807, 2.05) is 30.3 Å². The molecule has 2 N–H and O–H groups in total. The summed E-state index contributed by atoms with van der Waals surface area (Å²) >= 11 is 0. The van der Waals surface area contributed by atoms with Gasteiger partial charge in [-0.15, -0.1) is 0 Å². The van der Waals surface area contributed by atoms with Gasteiger partial charge < -0.3 is 10.4 Å². The Kier molecular flexibility index (Phi) is 5.33. The first-order valence-electron chi connectivity index (χ1n) is 6.48. The van der Waals surface area contributed by atoms with Crippen LogP contribution in [0.3, 0.4) is 0 Å². The summed E-state index contributed by atoms with van der Waals surface area (Å²) in [7, 11) is -4.39. The van der Waals surface area contributed by atoms with Gasteiger partial charge in [-0.05, 0) is 47.2 Å². The molecule has 0 saturated carbocycles. The Bertz CT molecular complexity index is 943. The van der Waals surface area contributed by atoms with E-state index in [9.17, 15) is 13.5 Å². The summed E-state index contributed by atoms with van der Waals surface area (Å²) in [5.74, 6) is -0.457. The van der Waals surface area contributed by atoms with E-state index >= 15 is 0 Å². The van der Waals surface area contributed by atoms with E-state index in [2.05, 4.69) is 5.32 Å². The minimum absolute atomic E-state index is 0. The maximum absolute atomic E-state index is 12.0. The molecule has 0 aliphatic rings. The van der Waals surface area contributed by atoms with Crippen molar-refractivity contribution < 1.29 is 47.6 Å². The maximum Gasteiger partial charge on any atom is 1.00 e. The smallest absolute Gasteiger partial charge is 0.872 e. The van der Waals surface area contributed by atoms with Gasteiger partial charge in [0.25, 0.3) is 10.1 Å². The number of hydrogen-bond donors (Lipinski definition) is 2. The molecule has 5 nitrogen and oxygen atoms in total. The molecule has 0 saturated heterocycles. The molecule has 3 rings (SSSR count). The number of benzene rings is 3. The zero-order chi connectivity index (χ0) is 15.7. The first-order chi connectivity index (χ1) is 10.4. The molecule has 0 radical (unpaired) electrons. The zero-order valence-corrected chi connectivity index (χ0v) is 15.2. The molecule has 0 bridgehead atoms. The summed E-state index contributed by atoms with van der Waals surface area (Å²) in [4.78, 5) is -0.395. The SMILES string of the molecule is O=S(=O)(O)c1cc([O-])c2cc(Nc3ccccc3)ccc2c1.[Na+]. The molecular weight excluding hydrogens is 325 g/mol. The van der Waals surface area contributed by atoms with Gasteiger partial charge in [0.2, 0.25) is 0 Å². The summed E-state index contributed by atoms with van der Waals surface area (Å²) < 4.78 is 31.3. The van der Waals surface area contributed by atoms with E-state index < -0.39 is 20.8 Å². The maximum atomic E-state index is 12.0. The van der Waals surface area contributed by atoms with Crippen molar-refractivity contribution in [1.29, 1.82) is 0 Å². The molecule has 112 valence electrons. The van der Waals surface area contributed by atoms with Gasteiger partial charge in [-0.1, -0.05) is 30.0 Å². The van der Waals surface area contributed by atoms with Crippen LogP contribution in [0.1, 0.15) is 0 Å². The summed E-state index contributed by atoms with van der Waals surface area (Å²) in [6.45, 7) is 0. The Hall–Kier alpha value is -1.57. The van der Waals surface area contributed by atoms with Gasteiger partial charge in [0.15, 0.2) is 0 Å². The van der Waals surface area contributed by atoms with Gasteiger partial charge in [-0.3, -0.25) is 4.55 Å². The van der Waals surface area contributed by atoms with Crippen LogP contribution in [-0.2, 0) is 10.1 Å². The van der Waals surface area contributed by atoms with Gasteiger partial charge >= 0.3 is 29.6 Å². The van der Waals surface area contributed by atoms with Crippen LogP contribution in [0.25, 0.3) is 10.8 Å². The second-order valence-corrected chi connectivity index (χ2v) is 6.24. The molecule has 0 heterocycles. The number of para-hydroxylation sites is 1. The molecular formula is C16H12NNaO4S. The van der Waals surface area contributed by atoms with Crippen molar-refractivity contribution in [1.82, 2.24) is 0 Å². The molecule has 0 atom stereocenters. The normalized spacial score (nSPS) is 11.0. The van der Waals surface area contributed by atoms with Crippen LogP contribution >= 0.6 is 0 Å². The van der Waals surface area contributed by atoms with Crippen LogP contribution in [0.4, 0.5) is 11.4 Å². The molecule has 0 aliphatic carbocycles. The summed E-state index contributed by atoms with van der Waals surface area (Å²) in [5, 5.41) is 16.0. The Morgan fingerprint density at radius 3 is 2.26 bits per heavy atom. The largest absolute Gasteiger partial charge is 1.00 e. The Balaban J connectivity index is 0.00000192. The van der Waals surface area contributed by atoms with Gasteiger partial charge in [0, 0.05) is 11.4 Å². The third-order valence-electron chi connectivity index (χ3n) is 3.25. The molecule has 0 fully saturated rings.